The summed E-state index contributed by atoms with van der Waals surface area (Å²) in [5, 5.41) is 8.47. The van der Waals surface area contributed by atoms with E-state index in [0.29, 0.717) is 18.4 Å². The van der Waals surface area contributed by atoms with Crippen LogP contribution in [0.1, 0.15) is 22.5 Å². The summed E-state index contributed by atoms with van der Waals surface area (Å²) in [5.41, 5.74) is 3.06. The van der Waals surface area contributed by atoms with Gasteiger partial charge < -0.3 is 4.98 Å². The highest BCUT2D eigenvalue weighted by molar-refractivity contribution is 5.94. The second-order valence-electron chi connectivity index (χ2n) is 3.23. The first kappa shape index (κ1) is 9.41. The molecule has 2 aromatic heterocycles. The van der Waals surface area contributed by atoms with Crippen molar-refractivity contribution in [3.63, 3.8) is 0 Å². The number of pyridine rings is 1. The minimum absolute atomic E-state index is 0.462. The molecular weight excluding hydrogens is 190 g/mol. The molecule has 0 unspecified atom stereocenters. The van der Waals surface area contributed by atoms with Crippen molar-refractivity contribution in [1.82, 2.24) is 9.97 Å². The van der Waals surface area contributed by atoms with Crippen molar-refractivity contribution < 1.29 is 4.79 Å². The van der Waals surface area contributed by atoms with Crippen molar-refractivity contribution >= 4 is 17.3 Å². The van der Waals surface area contributed by atoms with Crippen molar-refractivity contribution in [2.75, 3.05) is 0 Å². The molecule has 0 radical (unpaired) electrons. The molecule has 0 atom stereocenters. The lowest BCUT2D eigenvalue weighted by Crippen LogP contribution is -1.85. The van der Waals surface area contributed by atoms with Crippen LogP contribution in [0.25, 0.3) is 11.0 Å². The monoisotopic (exact) mass is 199 g/mol. The molecule has 2 heterocycles. The van der Waals surface area contributed by atoms with Crippen LogP contribution >= 0.6 is 0 Å². The van der Waals surface area contributed by atoms with Gasteiger partial charge in [-0.3, -0.25) is 9.78 Å². The third-order valence-corrected chi connectivity index (χ3v) is 2.24. The number of aromatic amines is 1. The van der Waals surface area contributed by atoms with E-state index in [0.717, 1.165) is 23.0 Å². The molecule has 0 spiro atoms. The lowest BCUT2D eigenvalue weighted by atomic mass is 10.2. The van der Waals surface area contributed by atoms with E-state index < -0.39 is 0 Å². The molecular formula is C11H9N3O. The summed E-state index contributed by atoms with van der Waals surface area (Å²) in [5.74, 6) is 0. The number of H-pyrrole nitrogens is 1. The van der Waals surface area contributed by atoms with Gasteiger partial charge in [0.05, 0.1) is 17.1 Å². The highest BCUT2D eigenvalue weighted by Crippen LogP contribution is 2.16. The molecule has 0 fully saturated rings. The number of aromatic nitrogens is 2. The van der Waals surface area contributed by atoms with Crippen molar-refractivity contribution in [1.29, 1.82) is 5.26 Å². The molecule has 2 rings (SSSR count). The number of aryl methyl sites for hydroxylation is 1. The number of hydrogen-bond acceptors (Lipinski definition) is 3. The summed E-state index contributed by atoms with van der Waals surface area (Å²) < 4.78 is 0. The molecule has 74 valence electrons. The van der Waals surface area contributed by atoms with Gasteiger partial charge in [-0.2, -0.15) is 5.26 Å². The summed E-state index contributed by atoms with van der Waals surface area (Å²) in [6.07, 6.45) is 3.52. The van der Waals surface area contributed by atoms with Gasteiger partial charge in [-0.05, 0) is 12.1 Å². The number of nitriles is 1. The van der Waals surface area contributed by atoms with E-state index in [2.05, 4.69) is 16.0 Å². The average molecular weight is 199 g/mol. The first-order chi connectivity index (χ1) is 7.35. The molecule has 0 aromatic carbocycles. The predicted molar refractivity (Wildman–Crippen MR) is 55.4 cm³/mol. The van der Waals surface area contributed by atoms with Gasteiger partial charge in [0, 0.05) is 30.3 Å². The molecule has 0 amide bonds. The zero-order chi connectivity index (χ0) is 10.7. The smallest absolute Gasteiger partial charge is 0.152 e. The molecule has 4 nitrogen and oxygen atoms in total. The van der Waals surface area contributed by atoms with Gasteiger partial charge in [-0.1, -0.05) is 0 Å². The van der Waals surface area contributed by atoms with Crippen LogP contribution in [0.2, 0.25) is 0 Å². The van der Waals surface area contributed by atoms with Crippen LogP contribution < -0.4 is 0 Å². The van der Waals surface area contributed by atoms with Crippen LogP contribution in [0.5, 0.6) is 0 Å². The van der Waals surface area contributed by atoms with E-state index in [1.807, 2.05) is 6.07 Å². The number of hydrogen-bond donors (Lipinski definition) is 1. The maximum atomic E-state index is 10.7. The molecule has 0 aliphatic heterocycles. The van der Waals surface area contributed by atoms with Gasteiger partial charge >= 0.3 is 0 Å². The Balaban J connectivity index is 2.46. The number of nitrogens with one attached hydrogen (secondary N) is 1. The standard InChI is InChI=1S/C11H9N3O/c12-4-1-2-9-6-10-11(14-9)8(7-15)3-5-13-10/h3,5-7,14H,1-2H2. The van der Waals surface area contributed by atoms with Gasteiger partial charge in [0.25, 0.3) is 0 Å². The molecule has 0 saturated heterocycles. The summed E-state index contributed by atoms with van der Waals surface area (Å²) in [4.78, 5) is 18.0. The zero-order valence-corrected chi connectivity index (χ0v) is 8.03. The molecule has 0 aliphatic carbocycles. The van der Waals surface area contributed by atoms with Crippen molar-refractivity contribution in [3.8, 4) is 6.07 Å². The maximum Gasteiger partial charge on any atom is 0.152 e. The number of carbonyl (C=O) groups is 1. The molecule has 0 aliphatic rings. The van der Waals surface area contributed by atoms with Crippen LogP contribution in [0.3, 0.4) is 0 Å². The van der Waals surface area contributed by atoms with Gasteiger partial charge in [0.1, 0.15) is 0 Å². The quantitative estimate of drug-likeness (QED) is 0.766. The molecule has 4 heteroatoms. The van der Waals surface area contributed by atoms with Crippen LogP contribution in [-0.4, -0.2) is 16.3 Å². The van der Waals surface area contributed by atoms with Gasteiger partial charge in [-0.25, -0.2) is 0 Å². The van der Waals surface area contributed by atoms with Crippen molar-refractivity contribution in [3.05, 3.63) is 29.6 Å². The first-order valence-electron chi connectivity index (χ1n) is 4.64. The lowest BCUT2D eigenvalue weighted by molar-refractivity contribution is 0.112. The molecule has 2 aromatic rings. The lowest BCUT2D eigenvalue weighted by Gasteiger charge is -1.92. The average Bonchev–Trinajstić information content (AvgIpc) is 2.68. The third kappa shape index (κ3) is 1.72. The maximum absolute atomic E-state index is 10.7. The Labute approximate surface area is 86.6 Å². The number of carbonyl (C=O) groups excluding carboxylic acids is 1. The largest absolute Gasteiger partial charge is 0.356 e. The Morgan fingerprint density at radius 2 is 2.47 bits per heavy atom. The Hall–Kier alpha value is -2.15. The van der Waals surface area contributed by atoms with E-state index in [9.17, 15) is 4.79 Å². The van der Waals surface area contributed by atoms with Crippen molar-refractivity contribution in [2.45, 2.75) is 12.8 Å². The van der Waals surface area contributed by atoms with Crippen molar-refractivity contribution in [2.24, 2.45) is 0 Å². The Bertz CT molecular complexity index is 536. The molecule has 0 bridgehead atoms. The summed E-state index contributed by atoms with van der Waals surface area (Å²) in [6, 6.07) is 5.62. The van der Waals surface area contributed by atoms with Gasteiger partial charge in [0.2, 0.25) is 0 Å². The first-order valence-corrected chi connectivity index (χ1v) is 4.64. The SMILES string of the molecule is N#CCCc1cc2nccc(C=O)c2[nH]1. The minimum atomic E-state index is 0.462. The number of nitrogens with zero attached hydrogens (tertiary/aromatic N) is 2. The van der Waals surface area contributed by atoms with Crippen LogP contribution in [0, 0.1) is 11.3 Å². The second kappa shape index (κ2) is 3.93. The van der Waals surface area contributed by atoms with E-state index >= 15 is 0 Å². The highest BCUT2D eigenvalue weighted by Gasteiger charge is 2.05. The van der Waals surface area contributed by atoms with Crippen LogP contribution in [0.4, 0.5) is 0 Å². The third-order valence-electron chi connectivity index (χ3n) is 2.24. The Morgan fingerprint density at radius 1 is 1.60 bits per heavy atom. The molecule has 1 N–H and O–H groups in total. The summed E-state index contributed by atoms with van der Waals surface area (Å²) in [6.45, 7) is 0. The van der Waals surface area contributed by atoms with Crippen LogP contribution in [-0.2, 0) is 6.42 Å². The number of rotatable bonds is 3. The number of aldehydes is 1. The normalized spacial score (nSPS) is 10.1. The fourth-order valence-corrected chi connectivity index (χ4v) is 1.52. The minimum Gasteiger partial charge on any atom is -0.356 e. The number of fused-ring (bicyclic) bond motifs is 1. The van der Waals surface area contributed by atoms with Crippen LogP contribution in [0.15, 0.2) is 18.3 Å². The fourth-order valence-electron chi connectivity index (χ4n) is 1.52. The second-order valence-corrected chi connectivity index (χ2v) is 3.23. The van der Waals surface area contributed by atoms with E-state index in [1.54, 1.807) is 12.3 Å². The zero-order valence-electron chi connectivity index (χ0n) is 8.03. The summed E-state index contributed by atoms with van der Waals surface area (Å²) in [7, 11) is 0. The molecule has 15 heavy (non-hydrogen) atoms. The topological polar surface area (TPSA) is 69.5 Å². The summed E-state index contributed by atoms with van der Waals surface area (Å²) >= 11 is 0. The Kier molecular flexibility index (Phi) is 2.46. The van der Waals surface area contributed by atoms with E-state index in [4.69, 9.17) is 5.26 Å². The van der Waals surface area contributed by atoms with E-state index in [-0.39, 0.29) is 0 Å². The highest BCUT2D eigenvalue weighted by atomic mass is 16.1. The van der Waals surface area contributed by atoms with E-state index in [1.165, 1.54) is 0 Å². The predicted octanol–water partition coefficient (Wildman–Crippen LogP) is 1.83. The molecule has 0 saturated carbocycles. The fraction of sp³-hybridized carbons (Fsp3) is 0.182. The van der Waals surface area contributed by atoms with Gasteiger partial charge in [0.15, 0.2) is 6.29 Å². The Morgan fingerprint density at radius 3 is 3.20 bits per heavy atom. The van der Waals surface area contributed by atoms with Gasteiger partial charge in [-0.15, -0.1) is 0 Å².